The zero-order valence-corrected chi connectivity index (χ0v) is 18.4. The van der Waals surface area contributed by atoms with Gasteiger partial charge >= 0.3 is 0 Å². The van der Waals surface area contributed by atoms with Crippen molar-refractivity contribution in [2.45, 2.75) is 32.2 Å². The fraction of sp³-hybridized carbons (Fsp3) is 0.217. The summed E-state index contributed by atoms with van der Waals surface area (Å²) in [6, 6.07) is 14.7. The molecule has 0 saturated heterocycles. The SMILES string of the molecule is CC(=O)c1ccccc1NC(=O)CN(Cc1ccco1)S(=O)(=O)c1ccc(C)c(C)c1. The molecule has 0 bridgehead atoms. The van der Waals surface area contributed by atoms with Crippen LogP contribution in [0.4, 0.5) is 5.69 Å². The first-order valence-corrected chi connectivity index (χ1v) is 11.1. The number of rotatable bonds is 8. The molecule has 0 fully saturated rings. The van der Waals surface area contributed by atoms with Crippen molar-refractivity contribution in [2.75, 3.05) is 11.9 Å². The van der Waals surface area contributed by atoms with Gasteiger partial charge in [-0.1, -0.05) is 18.2 Å². The van der Waals surface area contributed by atoms with Crippen LogP contribution in [-0.4, -0.2) is 31.0 Å². The molecule has 0 unspecified atom stereocenters. The van der Waals surface area contributed by atoms with Crippen molar-refractivity contribution in [3.8, 4) is 0 Å². The molecule has 3 aromatic rings. The molecule has 0 saturated carbocycles. The molecule has 0 aliphatic rings. The van der Waals surface area contributed by atoms with Crippen molar-refractivity contribution >= 4 is 27.4 Å². The number of benzene rings is 2. The average Bonchev–Trinajstić information content (AvgIpc) is 3.23. The summed E-state index contributed by atoms with van der Waals surface area (Å²) in [5.74, 6) is -0.358. The lowest BCUT2D eigenvalue weighted by atomic mass is 10.1. The van der Waals surface area contributed by atoms with E-state index in [1.165, 1.54) is 19.3 Å². The molecule has 2 aromatic carbocycles. The Morgan fingerprint density at radius 3 is 2.39 bits per heavy atom. The van der Waals surface area contributed by atoms with Gasteiger partial charge in [0.1, 0.15) is 5.76 Å². The summed E-state index contributed by atoms with van der Waals surface area (Å²) in [5.41, 5.74) is 2.49. The van der Waals surface area contributed by atoms with Crippen LogP contribution < -0.4 is 5.32 Å². The fourth-order valence-corrected chi connectivity index (χ4v) is 4.52. The van der Waals surface area contributed by atoms with Gasteiger partial charge in [0.2, 0.25) is 15.9 Å². The second-order valence-electron chi connectivity index (χ2n) is 7.25. The number of Topliss-reactive ketones (excluding diaryl/α,β-unsaturated/α-hetero) is 1. The monoisotopic (exact) mass is 440 g/mol. The van der Waals surface area contributed by atoms with E-state index in [1.54, 1.807) is 48.5 Å². The van der Waals surface area contributed by atoms with Crippen molar-refractivity contribution < 1.29 is 22.4 Å². The first kappa shape index (κ1) is 22.5. The van der Waals surface area contributed by atoms with E-state index in [4.69, 9.17) is 4.42 Å². The highest BCUT2D eigenvalue weighted by atomic mass is 32.2. The van der Waals surface area contributed by atoms with Crippen molar-refractivity contribution in [2.24, 2.45) is 0 Å². The minimum absolute atomic E-state index is 0.0964. The number of hydrogen-bond acceptors (Lipinski definition) is 5. The van der Waals surface area contributed by atoms with Crippen LogP contribution in [-0.2, 0) is 21.4 Å². The third-order valence-corrected chi connectivity index (χ3v) is 6.72. The highest BCUT2D eigenvalue weighted by Crippen LogP contribution is 2.22. The number of furan rings is 1. The van der Waals surface area contributed by atoms with Crippen LogP contribution in [0.2, 0.25) is 0 Å². The predicted octanol–water partition coefficient (Wildman–Crippen LogP) is 3.93. The Morgan fingerprint density at radius 2 is 1.74 bits per heavy atom. The number of carbonyl (C=O) groups is 2. The van der Waals surface area contributed by atoms with Crippen molar-refractivity contribution in [1.29, 1.82) is 0 Å². The van der Waals surface area contributed by atoms with E-state index in [1.807, 2.05) is 13.8 Å². The Balaban J connectivity index is 1.90. The number of ketones is 1. The highest BCUT2D eigenvalue weighted by molar-refractivity contribution is 7.89. The molecular weight excluding hydrogens is 416 g/mol. The Bertz CT molecular complexity index is 1200. The Morgan fingerprint density at radius 1 is 1.00 bits per heavy atom. The molecule has 1 N–H and O–H groups in total. The lowest BCUT2D eigenvalue weighted by Crippen LogP contribution is -2.37. The van der Waals surface area contributed by atoms with Crippen LogP contribution in [0.25, 0.3) is 0 Å². The highest BCUT2D eigenvalue weighted by Gasteiger charge is 2.28. The number of nitrogens with zero attached hydrogens (tertiary/aromatic N) is 1. The second-order valence-corrected chi connectivity index (χ2v) is 9.19. The van der Waals surface area contributed by atoms with Gasteiger partial charge in [-0.15, -0.1) is 0 Å². The van der Waals surface area contributed by atoms with Gasteiger partial charge < -0.3 is 9.73 Å². The summed E-state index contributed by atoms with van der Waals surface area (Å²) in [6.07, 6.45) is 1.44. The number of amides is 1. The van der Waals surface area contributed by atoms with Crippen LogP contribution in [0.5, 0.6) is 0 Å². The summed E-state index contributed by atoms with van der Waals surface area (Å²) in [5, 5.41) is 2.65. The summed E-state index contributed by atoms with van der Waals surface area (Å²) >= 11 is 0. The molecule has 0 atom stereocenters. The van der Waals surface area contributed by atoms with Gasteiger partial charge in [-0.25, -0.2) is 8.42 Å². The van der Waals surface area contributed by atoms with E-state index in [9.17, 15) is 18.0 Å². The van der Waals surface area contributed by atoms with Gasteiger partial charge in [0, 0.05) is 5.56 Å². The van der Waals surface area contributed by atoms with Gasteiger partial charge in [-0.3, -0.25) is 9.59 Å². The van der Waals surface area contributed by atoms with Crippen LogP contribution >= 0.6 is 0 Å². The molecule has 1 amide bonds. The molecule has 3 rings (SSSR count). The Hall–Kier alpha value is -3.23. The zero-order chi connectivity index (χ0) is 22.6. The van der Waals surface area contributed by atoms with E-state index in [0.717, 1.165) is 15.4 Å². The summed E-state index contributed by atoms with van der Waals surface area (Å²) in [4.78, 5) is 24.7. The number of anilines is 1. The van der Waals surface area contributed by atoms with Crippen LogP contribution in [0, 0.1) is 13.8 Å². The lowest BCUT2D eigenvalue weighted by molar-refractivity contribution is -0.116. The third-order valence-electron chi connectivity index (χ3n) is 4.93. The minimum atomic E-state index is -3.98. The number of carbonyl (C=O) groups excluding carboxylic acids is 2. The lowest BCUT2D eigenvalue weighted by Gasteiger charge is -2.21. The van der Waals surface area contributed by atoms with E-state index < -0.39 is 22.5 Å². The molecule has 8 heteroatoms. The normalized spacial score (nSPS) is 11.5. The largest absolute Gasteiger partial charge is 0.468 e. The number of hydrogen-bond donors (Lipinski definition) is 1. The number of sulfonamides is 1. The quantitative estimate of drug-likeness (QED) is 0.536. The van der Waals surface area contributed by atoms with Crippen LogP contribution in [0.3, 0.4) is 0 Å². The smallest absolute Gasteiger partial charge is 0.243 e. The zero-order valence-electron chi connectivity index (χ0n) is 17.6. The van der Waals surface area contributed by atoms with Crippen molar-refractivity contribution in [3.63, 3.8) is 0 Å². The van der Waals surface area contributed by atoms with Crippen LogP contribution in [0.15, 0.2) is 70.2 Å². The molecule has 0 radical (unpaired) electrons. The first-order valence-electron chi connectivity index (χ1n) is 9.68. The summed E-state index contributed by atoms with van der Waals surface area (Å²) in [7, 11) is -3.98. The Labute approximate surface area is 181 Å². The van der Waals surface area contributed by atoms with Gasteiger partial charge in [0.05, 0.1) is 29.9 Å². The second kappa shape index (κ2) is 9.28. The predicted molar refractivity (Wildman–Crippen MR) is 117 cm³/mol. The minimum Gasteiger partial charge on any atom is -0.468 e. The van der Waals surface area contributed by atoms with Gasteiger partial charge in [0.25, 0.3) is 0 Å². The maximum absolute atomic E-state index is 13.3. The van der Waals surface area contributed by atoms with E-state index in [2.05, 4.69) is 5.32 Å². The van der Waals surface area contributed by atoms with Gasteiger partial charge in [-0.05, 0) is 68.3 Å². The summed E-state index contributed by atoms with van der Waals surface area (Å²) < 4.78 is 33.0. The fourth-order valence-electron chi connectivity index (χ4n) is 3.07. The average molecular weight is 441 g/mol. The first-order chi connectivity index (χ1) is 14.7. The standard InChI is InChI=1S/C23H24N2O5S/c1-16-10-11-20(13-17(16)2)31(28,29)25(14-19-7-6-12-30-19)15-23(27)24-22-9-5-4-8-21(22)18(3)26/h4-13H,14-15H2,1-3H3,(H,24,27). The van der Waals surface area contributed by atoms with Crippen molar-refractivity contribution in [1.82, 2.24) is 4.31 Å². The molecule has 31 heavy (non-hydrogen) atoms. The molecule has 7 nitrogen and oxygen atoms in total. The van der Waals surface area contributed by atoms with E-state index in [-0.39, 0.29) is 17.2 Å². The molecule has 162 valence electrons. The van der Waals surface area contributed by atoms with Gasteiger partial charge in [0.15, 0.2) is 5.78 Å². The number of nitrogens with one attached hydrogen (secondary N) is 1. The Kier molecular flexibility index (Phi) is 6.72. The van der Waals surface area contributed by atoms with Crippen molar-refractivity contribution in [3.05, 3.63) is 83.3 Å². The summed E-state index contributed by atoms with van der Waals surface area (Å²) in [6.45, 7) is 4.58. The molecular formula is C23H24N2O5S. The molecule has 1 aromatic heterocycles. The van der Waals surface area contributed by atoms with E-state index in [0.29, 0.717) is 17.0 Å². The maximum Gasteiger partial charge on any atom is 0.243 e. The molecule has 0 aliphatic carbocycles. The van der Waals surface area contributed by atoms with E-state index >= 15 is 0 Å². The third kappa shape index (κ3) is 5.28. The number of aryl methyl sites for hydroxylation is 2. The van der Waals surface area contributed by atoms with Crippen LogP contribution in [0.1, 0.15) is 34.2 Å². The maximum atomic E-state index is 13.3. The molecule has 0 aliphatic heterocycles. The molecule has 0 spiro atoms. The molecule has 1 heterocycles. The van der Waals surface area contributed by atoms with Gasteiger partial charge in [-0.2, -0.15) is 4.31 Å². The number of para-hydroxylation sites is 1. The topological polar surface area (TPSA) is 96.7 Å².